The third kappa shape index (κ3) is 4.27. The molecule has 0 bridgehead atoms. The normalized spacial score (nSPS) is 12.8. The molecular weight excluding hydrogens is 334 g/mol. The van der Waals surface area contributed by atoms with E-state index in [4.69, 9.17) is 9.47 Å². The van der Waals surface area contributed by atoms with Crippen molar-refractivity contribution in [2.75, 3.05) is 19.8 Å². The first-order valence-electron chi connectivity index (χ1n) is 8.34. The predicted octanol–water partition coefficient (Wildman–Crippen LogP) is 2.01. The number of esters is 1. The molecule has 0 saturated heterocycles. The predicted molar refractivity (Wildman–Crippen MR) is 93.8 cm³/mol. The molecule has 0 saturated carbocycles. The summed E-state index contributed by atoms with van der Waals surface area (Å²) in [5.41, 5.74) is 2.71. The molecule has 1 heterocycles. The lowest BCUT2D eigenvalue weighted by Gasteiger charge is -2.28. The molecule has 0 aliphatic carbocycles. The highest BCUT2D eigenvalue weighted by atomic mass is 16.6. The summed E-state index contributed by atoms with van der Waals surface area (Å²) in [6, 6.07) is 14.6. The van der Waals surface area contributed by atoms with Crippen LogP contribution in [0.2, 0.25) is 0 Å². The molecule has 1 amide bonds. The number of rotatable bonds is 6. The zero-order chi connectivity index (χ0) is 18.4. The number of nitrogens with zero attached hydrogens (tertiary/aromatic N) is 1. The third-order valence-electron chi connectivity index (χ3n) is 4.23. The molecule has 0 unspecified atom stereocenters. The average Bonchev–Trinajstić information content (AvgIpc) is 2.70. The molecular formula is C20H19NO5. The lowest BCUT2D eigenvalue weighted by Crippen LogP contribution is -2.38. The molecule has 134 valence electrons. The van der Waals surface area contributed by atoms with Crippen LogP contribution in [-0.2, 0) is 27.3 Å². The number of carbonyl (C=O) groups is 3. The maximum Gasteiger partial charge on any atom is 0.344 e. The highest BCUT2D eigenvalue weighted by Gasteiger charge is 2.21. The fourth-order valence-electron chi connectivity index (χ4n) is 2.83. The maximum absolute atomic E-state index is 12.2. The first-order chi connectivity index (χ1) is 12.7. The molecule has 1 aliphatic heterocycles. The van der Waals surface area contributed by atoms with Gasteiger partial charge in [-0.15, -0.1) is 0 Å². The van der Waals surface area contributed by atoms with Crippen LogP contribution in [-0.4, -0.2) is 42.8 Å². The van der Waals surface area contributed by atoms with E-state index >= 15 is 0 Å². The van der Waals surface area contributed by atoms with Crippen LogP contribution in [0.3, 0.4) is 0 Å². The molecule has 26 heavy (non-hydrogen) atoms. The van der Waals surface area contributed by atoms with Crippen LogP contribution in [0.5, 0.6) is 5.75 Å². The summed E-state index contributed by atoms with van der Waals surface area (Å²) >= 11 is 0. The van der Waals surface area contributed by atoms with Crippen molar-refractivity contribution in [2.45, 2.75) is 13.0 Å². The van der Waals surface area contributed by atoms with Crippen LogP contribution in [0.1, 0.15) is 21.5 Å². The number of benzene rings is 2. The Morgan fingerprint density at radius 2 is 1.73 bits per heavy atom. The van der Waals surface area contributed by atoms with Gasteiger partial charge in [0.25, 0.3) is 5.91 Å². The lowest BCUT2D eigenvalue weighted by molar-refractivity contribution is -0.154. The average molecular weight is 353 g/mol. The number of ether oxygens (including phenoxy) is 2. The van der Waals surface area contributed by atoms with Crippen LogP contribution in [0.4, 0.5) is 0 Å². The fourth-order valence-corrected chi connectivity index (χ4v) is 2.83. The Bertz CT molecular complexity index is 817. The van der Waals surface area contributed by atoms with Gasteiger partial charge in [0.05, 0.1) is 5.56 Å². The topological polar surface area (TPSA) is 72.9 Å². The van der Waals surface area contributed by atoms with E-state index in [-0.39, 0.29) is 19.1 Å². The van der Waals surface area contributed by atoms with E-state index in [0.717, 1.165) is 12.0 Å². The van der Waals surface area contributed by atoms with Gasteiger partial charge < -0.3 is 14.4 Å². The molecule has 3 rings (SSSR count). The van der Waals surface area contributed by atoms with Crippen LogP contribution in [0.15, 0.2) is 48.5 Å². The third-order valence-corrected chi connectivity index (χ3v) is 4.23. The van der Waals surface area contributed by atoms with Gasteiger partial charge in [0, 0.05) is 13.1 Å². The van der Waals surface area contributed by atoms with Crippen molar-refractivity contribution in [3.05, 3.63) is 65.2 Å². The highest BCUT2D eigenvalue weighted by Crippen LogP contribution is 2.18. The largest absolute Gasteiger partial charge is 0.481 e. The molecule has 0 spiro atoms. The second kappa shape index (κ2) is 8.29. The van der Waals surface area contributed by atoms with E-state index in [1.54, 1.807) is 29.2 Å². The molecule has 0 radical (unpaired) electrons. The first kappa shape index (κ1) is 17.7. The van der Waals surface area contributed by atoms with Gasteiger partial charge in [0.2, 0.25) is 0 Å². The Balaban J connectivity index is 1.46. The minimum atomic E-state index is -0.656. The van der Waals surface area contributed by atoms with Gasteiger partial charge in [-0.1, -0.05) is 36.4 Å². The summed E-state index contributed by atoms with van der Waals surface area (Å²) in [4.78, 5) is 36.6. The van der Waals surface area contributed by atoms with E-state index in [0.29, 0.717) is 30.7 Å². The van der Waals surface area contributed by atoms with E-state index in [2.05, 4.69) is 6.07 Å². The maximum atomic E-state index is 12.2. The number of carbonyl (C=O) groups excluding carboxylic acids is 3. The molecule has 0 N–H and O–H groups in total. The summed E-state index contributed by atoms with van der Waals surface area (Å²) in [7, 11) is 0. The summed E-state index contributed by atoms with van der Waals surface area (Å²) in [6.07, 6.45) is 1.44. The smallest absolute Gasteiger partial charge is 0.344 e. The zero-order valence-electron chi connectivity index (χ0n) is 14.2. The van der Waals surface area contributed by atoms with Gasteiger partial charge in [-0.25, -0.2) is 4.79 Å². The number of fused-ring (bicyclic) bond motifs is 1. The number of hydrogen-bond donors (Lipinski definition) is 0. The summed E-state index contributed by atoms with van der Waals surface area (Å²) in [5.74, 6) is -0.587. The van der Waals surface area contributed by atoms with Crippen molar-refractivity contribution in [1.29, 1.82) is 0 Å². The summed E-state index contributed by atoms with van der Waals surface area (Å²) in [6.45, 7) is 0.451. The fraction of sp³-hybridized carbons (Fsp3) is 0.250. The van der Waals surface area contributed by atoms with Gasteiger partial charge in [0.15, 0.2) is 19.5 Å². The van der Waals surface area contributed by atoms with Crippen molar-refractivity contribution < 1.29 is 23.9 Å². The quantitative estimate of drug-likeness (QED) is 0.587. The number of aldehydes is 1. The first-order valence-corrected chi connectivity index (χ1v) is 8.34. The van der Waals surface area contributed by atoms with Crippen molar-refractivity contribution in [2.24, 2.45) is 0 Å². The van der Waals surface area contributed by atoms with E-state index < -0.39 is 5.97 Å². The SMILES string of the molecule is O=Cc1ccccc1OCC(=O)OCC(=O)N1CCc2ccccc2C1. The van der Waals surface area contributed by atoms with Gasteiger partial charge in [0.1, 0.15) is 5.75 Å². The highest BCUT2D eigenvalue weighted by molar-refractivity contribution is 5.82. The van der Waals surface area contributed by atoms with Crippen molar-refractivity contribution in [1.82, 2.24) is 4.90 Å². The van der Waals surface area contributed by atoms with Crippen molar-refractivity contribution in [3.8, 4) is 5.75 Å². The van der Waals surface area contributed by atoms with Crippen LogP contribution in [0, 0.1) is 0 Å². The number of para-hydroxylation sites is 1. The van der Waals surface area contributed by atoms with Gasteiger partial charge in [-0.3, -0.25) is 9.59 Å². The minimum absolute atomic E-state index is 0.235. The molecule has 2 aromatic carbocycles. The lowest BCUT2D eigenvalue weighted by atomic mass is 10.00. The monoisotopic (exact) mass is 353 g/mol. The van der Waals surface area contributed by atoms with Gasteiger partial charge in [-0.2, -0.15) is 0 Å². The molecule has 6 heteroatoms. The van der Waals surface area contributed by atoms with Crippen LogP contribution < -0.4 is 4.74 Å². The second-order valence-corrected chi connectivity index (χ2v) is 5.94. The Morgan fingerprint density at radius 3 is 2.54 bits per heavy atom. The van der Waals surface area contributed by atoms with Crippen molar-refractivity contribution in [3.63, 3.8) is 0 Å². The minimum Gasteiger partial charge on any atom is -0.481 e. The Hall–Kier alpha value is -3.15. The second-order valence-electron chi connectivity index (χ2n) is 5.94. The molecule has 6 nitrogen and oxygen atoms in total. The summed E-state index contributed by atoms with van der Waals surface area (Å²) < 4.78 is 10.3. The van der Waals surface area contributed by atoms with E-state index in [1.807, 2.05) is 18.2 Å². The molecule has 0 aromatic heterocycles. The Kier molecular flexibility index (Phi) is 5.63. The van der Waals surface area contributed by atoms with Crippen LogP contribution in [0.25, 0.3) is 0 Å². The van der Waals surface area contributed by atoms with E-state index in [1.165, 1.54) is 5.56 Å². The summed E-state index contributed by atoms with van der Waals surface area (Å²) in [5, 5.41) is 0. The Morgan fingerprint density at radius 1 is 1.00 bits per heavy atom. The van der Waals surface area contributed by atoms with Gasteiger partial charge >= 0.3 is 5.97 Å². The number of hydrogen-bond acceptors (Lipinski definition) is 5. The molecule has 2 aromatic rings. The number of amides is 1. The van der Waals surface area contributed by atoms with E-state index in [9.17, 15) is 14.4 Å². The molecule has 0 fully saturated rings. The Labute approximate surface area is 151 Å². The van der Waals surface area contributed by atoms with Crippen molar-refractivity contribution >= 4 is 18.2 Å². The molecule has 1 aliphatic rings. The zero-order valence-corrected chi connectivity index (χ0v) is 14.2. The molecule has 0 atom stereocenters. The van der Waals surface area contributed by atoms with Crippen LogP contribution >= 0.6 is 0 Å². The van der Waals surface area contributed by atoms with Gasteiger partial charge in [-0.05, 0) is 29.7 Å². The standard InChI is InChI=1S/C20H19NO5/c22-12-17-7-3-4-8-18(17)25-14-20(24)26-13-19(23)21-10-9-15-5-1-2-6-16(15)11-21/h1-8,12H,9-11,13-14H2.